The van der Waals surface area contributed by atoms with Crippen LogP contribution in [0, 0.1) is 23.7 Å². The standard InChI is InChI=1S/C15H18N2O2/c18-15(19)14-16-6-12(7-17-14)13-10-2-8-1-9(4-10)5-11(13)3-8/h6-11,13H,1-5H2,(H,18,19). The van der Waals surface area contributed by atoms with Crippen LogP contribution in [0.2, 0.25) is 0 Å². The van der Waals surface area contributed by atoms with Gasteiger partial charge in [-0.1, -0.05) is 0 Å². The van der Waals surface area contributed by atoms with Gasteiger partial charge in [0.15, 0.2) is 0 Å². The smallest absolute Gasteiger partial charge is 0.373 e. The zero-order valence-corrected chi connectivity index (χ0v) is 10.8. The number of rotatable bonds is 2. The molecule has 0 unspecified atom stereocenters. The number of aromatic carboxylic acids is 1. The number of aromatic nitrogens is 2. The molecule has 1 aromatic heterocycles. The van der Waals surface area contributed by atoms with Gasteiger partial charge in [-0.15, -0.1) is 0 Å². The number of nitrogens with zero attached hydrogens (tertiary/aromatic N) is 2. The van der Waals surface area contributed by atoms with E-state index in [4.69, 9.17) is 5.11 Å². The second-order valence-electron chi connectivity index (χ2n) is 6.60. The Morgan fingerprint density at radius 3 is 2.00 bits per heavy atom. The van der Waals surface area contributed by atoms with Crippen LogP contribution in [0.3, 0.4) is 0 Å². The third kappa shape index (κ3) is 1.77. The highest BCUT2D eigenvalue weighted by atomic mass is 16.4. The van der Waals surface area contributed by atoms with Gasteiger partial charge >= 0.3 is 5.97 Å². The fourth-order valence-corrected chi connectivity index (χ4v) is 5.09. The van der Waals surface area contributed by atoms with E-state index in [9.17, 15) is 4.79 Å². The van der Waals surface area contributed by atoms with Crippen molar-refractivity contribution >= 4 is 5.97 Å². The third-order valence-electron chi connectivity index (χ3n) is 5.47. The van der Waals surface area contributed by atoms with E-state index in [1.54, 1.807) is 12.4 Å². The van der Waals surface area contributed by atoms with Crippen LogP contribution in [0.5, 0.6) is 0 Å². The highest BCUT2D eigenvalue weighted by molar-refractivity contribution is 5.82. The van der Waals surface area contributed by atoms with Gasteiger partial charge in [-0.2, -0.15) is 0 Å². The highest BCUT2D eigenvalue weighted by Crippen LogP contribution is 2.59. The first-order valence-corrected chi connectivity index (χ1v) is 7.26. The molecule has 4 fully saturated rings. The third-order valence-corrected chi connectivity index (χ3v) is 5.47. The van der Waals surface area contributed by atoms with Gasteiger partial charge in [0, 0.05) is 12.4 Å². The van der Waals surface area contributed by atoms with E-state index in [1.807, 2.05) is 0 Å². The summed E-state index contributed by atoms with van der Waals surface area (Å²) < 4.78 is 0. The van der Waals surface area contributed by atoms with Crippen LogP contribution in [0.15, 0.2) is 12.4 Å². The Kier molecular flexibility index (Phi) is 2.41. The Balaban J connectivity index is 1.63. The van der Waals surface area contributed by atoms with Gasteiger partial charge in [-0.25, -0.2) is 14.8 Å². The molecule has 0 aromatic carbocycles. The first-order valence-electron chi connectivity index (χ1n) is 7.26. The second-order valence-corrected chi connectivity index (χ2v) is 6.60. The molecule has 5 rings (SSSR count). The van der Waals surface area contributed by atoms with Crippen LogP contribution >= 0.6 is 0 Å². The summed E-state index contributed by atoms with van der Waals surface area (Å²) in [5.74, 6) is 2.93. The van der Waals surface area contributed by atoms with Crippen LogP contribution in [-0.2, 0) is 0 Å². The molecule has 0 atom stereocenters. The molecule has 4 heteroatoms. The van der Waals surface area contributed by atoms with Crippen molar-refractivity contribution in [1.29, 1.82) is 0 Å². The van der Waals surface area contributed by atoms with Crippen molar-refractivity contribution in [1.82, 2.24) is 9.97 Å². The maximum absolute atomic E-state index is 10.8. The van der Waals surface area contributed by atoms with E-state index >= 15 is 0 Å². The molecule has 19 heavy (non-hydrogen) atoms. The molecule has 1 N–H and O–H groups in total. The first kappa shape index (κ1) is 11.4. The molecule has 0 radical (unpaired) electrons. The highest BCUT2D eigenvalue weighted by Gasteiger charge is 2.48. The quantitative estimate of drug-likeness (QED) is 0.886. The van der Waals surface area contributed by atoms with Crippen molar-refractivity contribution in [2.24, 2.45) is 23.7 Å². The van der Waals surface area contributed by atoms with Gasteiger partial charge in [-0.3, -0.25) is 0 Å². The van der Waals surface area contributed by atoms with Gasteiger partial charge in [0.1, 0.15) is 0 Å². The molecular weight excluding hydrogens is 240 g/mol. The zero-order chi connectivity index (χ0) is 13.0. The lowest BCUT2D eigenvalue weighted by Crippen LogP contribution is -2.43. The Morgan fingerprint density at radius 1 is 1.00 bits per heavy atom. The van der Waals surface area contributed by atoms with Crippen LogP contribution in [0.1, 0.15) is 54.2 Å². The lowest BCUT2D eigenvalue weighted by Gasteiger charge is -2.54. The zero-order valence-electron chi connectivity index (χ0n) is 10.8. The van der Waals surface area contributed by atoms with Gasteiger partial charge in [0.2, 0.25) is 5.82 Å². The largest absolute Gasteiger partial charge is 0.475 e. The first-order chi connectivity index (χ1) is 9.20. The Labute approximate surface area is 112 Å². The number of hydrogen-bond donors (Lipinski definition) is 1. The summed E-state index contributed by atoms with van der Waals surface area (Å²) in [5, 5.41) is 8.86. The fourth-order valence-electron chi connectivity index (χ4n) is 5.09. The minimum absolute atomic E-state index is 0.0902. The van der Waals surface area contributed by atoms with Crippen molar-refractivity contribution in [2.45, 2.75) is 38.0 Å². The summed E-state index contributed by atoms with van der Waals surface area (Å²) in [6.07, 6.45) is 10.4. The van der Waals surface area contributed by atoms with Gasteiger partial charge in [0.25, 0.3) is 0 Å². The van der Waals surface area contributed by atoms with Crippen LogP contribution < -0.4 is 0 Å². The van der Waals surface area contributed by atoms with Crippen molar-refractivity contribution in [3.05, 3.63) is 23.8 Å². The minimum atomic E-state index is -1.04. The predicted molar refractivity (Wildman–Crippen MR) is 68.8 cm³/mol. The molecule has 4 bridgehead atoms. The van der Waals surface area contributed by atoms with Gasteiger partial charge in [0.05, 0.1) is 0 Å². The van der Waals surface area contributed by atoms with E-state index in [0.29, 0.717) is 5.92 Å². The molecule has 0 spiro atoms. The monoisotopic (exact) mass is 258 g/mol. The van der Waals surface area contributed by atoms with Crippen molar-refractivity contribution in [3.8, 4) is 0 Å². The van der Waals surface area contributed by atoms with E-state index in [2.05, 4.69) is 9.97 Å². The molecule has 100 valence electrons. The average Bonchev–Trinajstić information content (AvgIpc) is 2.38. The summed E-state index contributed by atoms with van der Waals surface area (Å²) in [6.45, 7) is 0. The summed E-state index contributed by atoms with van der Waals surface area (Å²) >= 11 is 0. The number of carboxylic acids is 1. The molecule has 4 saturated carbocycles. The molecule has 0 aliphatic heterocycles. The maximum Gasteiger partial charge on any atom is 0.373 e. The van der Waals surface area contributed by atoms with E-state index in [-0.39, 0.29) is 5.82 Å². The summed E-state index contributed by atoms with van der Waals surface area (Å²) in [4.78, 5) is 18.8. The Bertz CT molecular complexity index is 483. The molecule has 0 saturated heterocycles. The molecule has 1 heterocycles. The fraction of sp³-hybridized carbons (Fsp3) is 0.667. The topological polar surface area (TPSA) is 63.1 Å². The summed E-state index contributed by atoms with van der Waals surface area (Å²) in [7, 11) is 0. The molecule has 4 nitrogen and oxygen atoms in total. The minimum Gasteiger partial charge on any atom is -0.475 e. The normalized spacial score (nSPS) is 39.5. The van der Waals surface area contributed by atoms with Crippen LogP contribution in [0.25, 0.3) is 0 Å². The Hall–Kier alpha value is -1.45. The number of carboxylic acid groups (broad SMARTS) is 1. The molecular formula is C15H18N2O2. The molecule has 4 aliphatic rings. The summed E-state index contributed by atoms with van der Waals surface area (Å²) in [6, 6.07) is 0. The predicted octanol–water partition coefficient (Wildman–Crippen LogP) is 2.71. The van der Waals surface area contributed by atoms with Crippen LogP contribution in [0.4, 0.5) is 0 Å². The maximum atomic E-state index is 10.8. The average molecular weight is 258 g/mol. The molecule has 1 aromatic rings. The second kappa shape index (κ2) is 4.02. The Morgan fingerprint density at radius 2 is 1.53 bits per heavy atom. The van der Waals surface area contributed by atoms with Gasteiger partial charge in [-0.05, 0) is 67.3 Å². The van der Waals surface area contributed by atoms with E-state index in [1.165, 1.54) is 37.7 Å². The van der Waals surface area contributed by atoms with Crippen molar-refractivity contribution in [2.75, 3.05) is 0 Å². The van der Waals surface area contributed by atoms with E-state index in [0.717, 1.165) is 23.7 Å². The lowest BCUT2D eigenvalue weighted by molar-refractivity contribution is -0.00301. The SMILES string of the molecule is O=C(O)c1ncc(C2C3CC4CC(C3)CC2C4)cn1. The number of carbonyl (C=O) groups is 1. The molecule has 4 aliphatic carbocycles. The van der Waals surface area contributed by atoms with Crippen LogP contribution in [-0.4, -0.2) is 21.0 Å². The summed E-state index contributed by atoms with van der Waals surface area (Å²) in [5.41, 5.74) is 1.17. The lowest BCUT2D eigenvalue weighted by atomic mass is 9.51. The van der Waals surface area contributed by atoms with Crippen molar-refractivity contribution in [3.63, 3.8) is 0 Å². The van der Waals surface area contributed by atoms with E-state index < -0.39 is 5.97 Å². The van der Waals surface area contributed by atoms with Gasteiger partial charge < -0.3 is 5.11 Å². The molecule has 0 amide bonds. The van der Waals surface area contributed by atoms with Crippen molar-refractivity contribution < 1.29 is 9.90 Å². The number of hydrogen-bond acceptors (Lipinski definition) is 3.